The van der Waals surface area contributed by atoms with Gasteiger partial charge in [0.15, 0.2) is 0 Å². The van der Waals surface area contributed by atoms with E-state index in [1.165, 1.54) is 6.92 Å². The molecule has 0 saturated carbocycles. The van der Waals surface area contributed by atoms with Crippen molar-refractivity contribution in [2.24, 2.45) is 5.73 Å². The number of carboxylic acids is 1. The van der Waals surface area contributed by atoms with E-state index in [2.05, 4.69) is 5.32 Å². The maximum absolute atomic E-state index is 10.1. The van der Waals surface area contributed by atoms with Gasteiger partial charge in [-0.25, -0.2) is 0 Å². The summed E-state index contributed by atoms with van der Waals surface area (Å²) in [5, 5.41) is 19.3. The molecule has 0 aromatic rings. The molecule has 2 atom stereocenters. The zero-order valence-electron chi connectivity index (χ0n) is 5.74. The standard InChI is InChI=1S/C5H12N2O3/c1-3(8)7-2-4(6)5(9)10/h3-4,7-8H,2,6H2,1H3,(H,9,10)/t3-,4+/m1/s1. The predicted octanol–water partition coefficient (Wildman–Crippen LogP) is -1.67. The number of hydrogen-bond acceptors (Lipinski definition) is 4. The number of nitrogens with two attached hydrogens (primary N) is 1. The highest BCUT2D eigenvalue weighted by Gasteiger charge is 2.10. The molecule has 0 aliphatic carbocycles. The topological polar surface area (TPSA) is 95.6 Å². The summed E-state index contributed by atoms with van der Waals surface area (Å²) in [6.07, 6.45) is -0.717. The largest absolute Gasteiger partial charge is 0.480 e. The van der Waals surface area contributed by atoms with E-state index in [-0.39, 0.29) is 6.54 Å². The molecule has 60 valence electrons. The Kier molecular flexibility index (Phi) is 3.94. The Bertz CT molecular complexity index is 115. The van der Waals surface area contributed by atoms with E-state index in [9.17, 15) is 4.79 Å². The van der Waals surface area contributed by atoms with Gasteiger partial charge in [-0.1, -0.05) is 0 Å². The molecule has 0 saturated heterocycles. The number of hydrogen-bond donors (Lipinski definition) is 4. The zero-order valence-corrected chi connectivity index (χ0v) is 5.74. The minimum absolute atomic E-state index is 0.0764. The quantitative estimate of drug-likeness (QED) is 0.357. The number of aliphatic carboxylic acids is 1. The zero-order chi connectivity index (χ0) is 8.15. The fraction of sp³-hybridized carbons (Fsp3) is 0.800. The summed E-state index contributed by atoms with van der Waals surface area (Å²) in [5.41, 5.74) is 5.09. The van der Waals surface area contributed by atoms with Gasteiger partial charge < -0.3 is 15.9 Å². The van der Waals surface area contributed by atoms with Gasteiger partial charge in [0.2, 0.25) is 0 Å². The average molecular weight is 148 g/mol. The number of nitrogens with one attached hydrogen (secondary N) is 1. The number of aliphatic hydroxyl groups excluding tert-OH is 1. The molecule has 0 radical (unpaired) electrons. The Balaban J connectivity index is 3.40. The number of carboxylic acid groups (broad SMARTS) is 1. The van der Waals surface area contributed by atoms with Crippen molar-refractivity contribution in [2.45, 2.75) is 19.2 Å². The average Bonchev–Trinajstić information content (AvgIpc) is 1.82. The summed E-state index contributed by atoms with van der Waals surface area (Å²) in [5.74, 6) is -1.08. The van der Waals surface area contributed by atoms with Crippen molar-refractivity contribution in [3.05, 3.63) is 0 Å². The molecule has 5 N–H and O–H groups in total. The normalized spacial score (nSPS) is 16.3. The van der Waals surface area contributed by atoms with Crippen molar-refractivity contribution in [3.63, 3.8) is 0 Å². The smallest absolute Gasteiger partial charge is 0.321 e. The number of rotatable bonds is 4. The van der Waals surface area contributed by atoms with Crippen molar-refractivity contribution in [2.75, 3.05) is 6.54 Å². The molecule has 5 heteroatoms. The third-order valence-corrected chi connectivity index (χ3v) is 0.950. The number of carbonyl (C=O) groups is 1. The van der Waals surface area contributed by atoms with Gasteiger partial charge in [0.05, 0.1) is 0 Å². The van der Waals surface area contributed by atoms with Crippen LogP contribution in [0.2, 0.25) is 0 Å². The third kappa shape index (κ3) is 4.25. The van der Waals surface area contributed by atoms with E-state index in [4.69, 9.17) is 15.9 Å². The second-order valence-electron chi connectivity index (χ2n) is 2.03. The first-order valence-corrected chi connectivity index (χ1v) is 2.94. The molecule has 10 heavy (non-hydrogen) atoms. The van der Waals surface area contributed by atoms with E-state index in [0.29, 0.717) is 0 Å². The molecule has 0 amide bonds. The Labute approximate surface area is 58.8 Å². The molecule has 0 heterocycles. The minimum Gasteiger partial charge on any atom is -0.480 e. The minimum atomic E-state index is -1.08. The van der Waals surface area contributed by atoms with Gasteiger partial charge in [-0.15, -0.1) is 0 Å². The van der Waals surface area contributed by atoms with Crippen molar-refractivity contribution < 1.29 is 15.0 Å². The van der Waals surface area contributed by atoms with Crippen molar-refractivity contribution >= 4 is 5.97 Å². The van der Waals surface area contributed by atoms with Gasteiger partial charge in [0, 0.05) is 6.54 Å². The van der Waals surface area contributed by atoms with Crippen LogP contribution in [0.25, 0.3) is 0 Å². The van der Waals surface area contributed by atoms with Gasteiger partial charge >= 0.3 is 5.97 Å². The molecular weight excluding hydrogens is 136 g/mol. The molecule has 0 fully saturated rings. The second-order valence-corrected chi connectivity index (χ2v) is 2.03. The Morgan fingerprint density at radius 1 is 1.80 bits per heavy atom. The summed E-state index contributed by atoms with van der Waals surface area (Å²) in [7, 11) is 0. The number of aliphatic hydroxyl groups is 1. The maximum Gasteiger partial charge on any atom is 0.321 e. The molecule has 0 bridgehead atoms. The fourth-order valence-electron chi connectivity index (χ4n) is 0.385. The summed E-state index contributed by atoms with van der Waals surface area (Å²) < 4.78 is 0. The van der Waals surface area contributed by atoms with E-state index in [0.717, 1.165) is 0 Å². The van der Waals surface area contributed by atoms with Crippen molar-refractivity contribution in [1.82, 2.24) is 5.32 Å². The molecule has 0 aromatic heterocycles. The molecule has 0 aliphatic heterocycles. The first-order chi connectivity index (χ1) is 4.54. The Morgan fingerprint density at radius 3 is 2.60 bits per heavy atom. The molecule has 0 rings (SSSR count). The molecule has 0 aliphatic rings. The summed E-state index contributed by atoms with van der Waals surface area (Å²) in [6, 6.07) is -0.949. The van der Waals surface area contributed by atoms with Crippen molar-refractivity contribution in [3.8, 4) is 0 Å². The highest BCUT2D eigenvalue weighted by Crippen LogP contribution is 1.77. The van der Waals surface area contributed by atoms with Gasteiger partial charge in [0.25, 0.3) is 0 Å². The molecule has 5 nitrogen and oxygen atoms in total. The molecule has 0 aromatic carbocycles. The summed E-state index contributed by atoms with van der Waals surface area (Å²) in [6.45, 7) is 1.57. The second kappa shape index (κ2) is 4.21. The fourth-order valence-corrected chi connectivity index (χ4v) is 0.385. The van der Waals surface area contributed by atoms with Crippen LogP contribution in [0.3, 0.4) is 0 Å². The van der Waals surface area contributed by atoms with Crippen LogP contribution < -0.4 is 11.1 Å². The van der Waals surface area contributed by atoms with Crippen molar-refractivity contribution in [1.29, 1.82) is 0 Å². The van der Waals surface area contributed by atoms with E-state index in [1.807, 2.05) is 0 Å². The highest BCUT2D eigenvalue weighted by atomic mass is 16.4. The van der Waals surface area contributed by atoms with Crippen LogP contribution in [-0.4, -0.2) is 35.0 Å². The first-order valence-electron chi connectivity index (χ1n) is 2.94. The van der Waals surface area contributed by atoms with Crippen LogP contribution in [0.1, 0.15) is 6.92 Å². The molecular formula is C5H12N2O3. The lowest BCUT2D eigenvalue weighted by molar-refractivity contribution is -0.138. The highest BCUT2D eigenvalue weighted by molar-refractivity contribution is 5.73. The van der Waals surface area contributed by atoms with E-state index >= 15 is 0 Å². The summed E-state index contributed by atoms with van der Waals surface area (Å²) in [4.78, 5) is 10.1. The lowest BCUT2D eigenvalue weighted by Crippen LogP contribution is -2.43. The van der Waals surface area contributed by atoms with Gasteiger partial charge in [-0.05, 0) is 6.92 Å². The van der Waals surface area contributed by atoms with E-state index in [1.54, 1.807) is 0 Å². The maximum atomic E-state index is 10.1. The SMILES string of the molecule is C[C@@H](O)NC[C@H](N)C(=O)O. The lowest BCUT2D eigenvalue weighted by atomic mass is 10.3. The monoisotopic (exact) mass is 148 g/mol. The lowest BCUT2D eigenvalue weighted by Gasteiger charge is -2.09. The Morgan fingerprint density at radius 2 is 2.30 bits per heavy atom. The van der Waals surface area contributed by atoms with Crippen LogP contribution in [0.4, 0.5) is 0 Å². The Hall–Kier alpha value is -0.650. The van der Waals surface area contributed by atoms with Crippen LogP contribution >= 0.6 is 0 Å². The molecule has 0 spiro atoms. The van der Waals surface area contributed by atoms with Crippen LogP contribution in [-0.2, 0) is 4.79 Å². The predicted molar refractivity (Wildman–Crippen MR) is 35.3 cm³/mol. The first kappa shape index (κ1) is 9.35. The van der Waals surface area contributed by atoms with Crippen LogP contribution in [0.15, 0.2) is 0 Å². The van der Waals surface area contributed by atoms with E-state index < -0.39 is 18.2 Å². The molecule has 0 unspecified atom stereocenters. The third-order valence-electron chi connectivity index (χ3n) is 0.950. The van der Waals surface area contributed by atoms with Crippen LogP contribution in [0, 0.1) is 0 Å². The van der Waals surface area contributed by atoms with Gasteiger partial charge in [0.1, 0.15) is 12.3 Å². The van der Waals surface area contributed by atoms with Crippen LogP contribution in [0.5, 0.6) is 0 Å². The van der Waals surface area contributed by atoms with Gasteiger partial charge in [-0.2, -0.15) is 0 Å². The summed E-state index contributed by atoms with van der Waals surface area (Å²) >= 11 is 0. The van der Waals surface area contributed by atoms with Gasteiger partial charge in [-0.3, -0.25) is 10.1 Å².